The summed E-state index contributed by atoms with van der Waals surface area (Å²) in [5.74, 6) is 0.665. The number of nitrogens with one attached hydrogen (secondary N) is 1. The van der Waals surface area contributed by atoms with Crippen molar-refractivity contribution in [3.8, 4) is 0 Å². The Balaban J connectivity index is 1.99. The van der Waals surface area contributed by atoms with Crippen molar-refractivity contribution in [1.82, 2.24) is 20.2 Å². The number of tetrazole rings is 1. The van der Waals surface area contributed by atoms with Gasteiger partial charge in [0, 0.05) is 18.1 Å². The molecule has 0 aliphatic heterocycles. The predicted octanol–water partition coefficient (Wildman–Crippen LogP) is 1.58. The molecule has 0 atom stereocenters. The number of nitrogens with zero attached hydrogens (tertiary/aromatic N) is 4. The van der Waals surface area contributed by atoms with E-state index in [2.05, 4.69) is 36.8 Å². The van der Waals surface area contributed by atoms with Gasteiger partial charge < -0.3 is 5.32 Å². The third-order valence-electron chi connectivity index (χ3n) is 1.98. The third kappa shape index (κ3) is 2.53. The van der Waals surface area contributed by atoms with E-state index in [9.17, 15) is 0 Å². The van der Waals surface area contributed by atoms with Crippen LogP contribution in [0.25, 0.3) is 0 Å². The molecule has 0 saturated heterocycles. The van der Waals surface area contributed by atoms with Crippen molar-refractivity contribution in [2.75, 3.05) is 5.32 Å². The van der Waals surface area contributed by atoms with E-state index < -0.39 is 0 Å². The maximum atomic E-state index is 3.83. The van der Waals surface area contributed by atoms with E-state index in [1.807, 2.05) is 24.3 Å². The fraction of sp³-hybridized carbons (Fsp3) is 0.222. The number of halogens is 1. The first-order chi connectivity index (χ1) is 7.25. The Morgan fingerprint density at radius 1 is 1.33 bits per heavy atom. The van der Waals surface area contributed by atoms with E-state index in [1.165, 1.54) is 5.56 Å². The molecule has 0 unspecified atom stereocenters. The lowest BCUT2D eigenvalue weighted by molar-refractivity contribution is 0.712. The number of anilines is 1. The molecule has 0 fully saturated rings. The molecule has 0 aliphatic carbocycles. The van der Waals surface area contributed by atoms with E-state index in [0.717, 1.165) is 4.47 Å². The Morgan fingerprint density at radius 2 is 2.07 bits per heavy atom. The SMILES string of the molecule is Cn1nnnc1NCc1ccc(Br)cc1. The van der Waals surface area contributed by atoms with Gasteiger partial charge >= 0.3 is 0 Å². The van der Waals surface area contributed by atoms with Gasteiger partial charge in [-0.15, -0.1) is 0 Å². The summed E-state index contributed by atoms with van der Waals surface area (Å²) >= 11 is 3.39. The van der Waals surface area contributed by atoms with Crippen molar-refractivity contribution in [2.45, 2.75) is 6.54 Å². The Hall–Kier alpha value is -1.43. The first kappa shape index (κ1) is 10.1. The predicted molar refractivity (Wildman–Crippen MR) is 60.3 cm³/mol. The van der Waals surface area contributed by atoms with Gasteiger partial charge in [0.05, 0.1) is 0 Å². The van der Waals surface area contributed by atoms with E-state index in [0.29, 0.717) is 12.5 Å². The molecule has 6 heteroatoms. The molecule has 0 aliphatic rings. The molecule has 1 aromatic heterocycles. The van der Waals surface area contributed by atoms with Crippen LogP contribution in [0.4, 0.5) is 5.95 Å². The molecule has 2 aromatic rings. The molecular formula is C9H10BrN5. The first-order valence-corrected chi connectivity index (χ1v) is 5.25. The minimum atomic E-state index is 0.665. The molecule has 5 nitrogen and oxygen atoms in total. The Bertz CT molecular complexity index is 436. The van der Waals surface area contributed by atoms with Gasteiger partial charge in [0.2, 0.25) is 5.95 Å². The van der Waals surface area contributed by atoms with E-state index in [1.54, 1.807) is 11.7 Å². The number of aromatic nitrogens is 4. The minimum absolute atomic E-state index is 0.665. The van der Waals surface area contributed by atoms with Gasteiger partial charge in [-0.1, -0.05) is 33.2 Å². The van der Waals surface area contributed by atoms with Crippen LogP contribution in [0.3, 0.4) is 0 Å². The average Bonchev–Trinajstić information content (AvgIpc) is 2.63. The Kier molecular flexibility index (Phi) is 2.96. The normalized spacial score (nSPS) is 10.3. The van der Waals surface area contributed by atoms with Crippen molar-refractivity contribution in [3.05, 3.63) is 34.3 Å². The minimum Gasteiger partial charge on any atom is -0.349 e. The van der Waals surface area contributed by atoms with E-state index in [-0.39, 0.29) is 0 Å². The third-order valence-corrected chi connectivity index (χ3v) is 2.51. The average molecular weight is 268 g/mol. The summed E-state index contributed by atoms with van der Waals surface area (Å²) < 4.78 is 2.67. The summed E-state index contributed by atoms with van der Waals surface area (Å²) in [5, 5.41) is 14.2. The highest BCUT2D eigenvalue weighted by Gasteiger charge is 2.00. The second-order valence-corrected chi connectivity index (χ2v) is 4.02. The highest BCUT2D eigenvalue weighted by molar-refractivity contribution is 9.10. The maximum Gasteiger partial charge on any atom is 0.242 e. The van der Waals surface area contributed by atoms with Crippen molar-refractivity contribution < 1.29 is 0 Å². The van der Waals surface area contributed by atoms with Gasteiger partial charge in [-0.25, -0.2) is 4.68 Å². The highest BCUT2D eigenvalue weighted by atomic mass is 79.9. The number of rotatable bonds is 3. The molecule has 1 heterocycles. The number of aryl methyl sites for hydroxylation is 1. The van der Waals surface area contributed by atoms with Crippen molar-refractivity contribution in [3.63, 3.8) is 0 Å². The Labute approximate surface area is 95.6 Å². The zero-order chi connectivity index (χ0) is 10.7. The van der Waals surface area contributed by atoms with Crippen molar-refractivity contribution in [2.24, 2.45) is 7.05 Å². The molecule has 0 amide bonds. The number of hydrogen-bond donors (Lipinski definition) is 1. The Morgan fingerprint density at radius 3 is 2.67 bits per heavy atom. The lowest BCUT2D eigenvalue weighted by Gasteiger charge is -2.03. The summed E-state index contributed by atoms with van der Waals surface area (Å²) in [4.78, 5) is 0. The van der Waals surface area contributed by atoms with E-state index >= 15 is 0 Å². The van der Waals surface area contributed by atoms with Crippen LogP contribution in [0.5, 0.6) is 0 Å². The first-order valence-electron chi connectivity index (χ1n) is 4.46. The van der Waals surface area contributed by atoms with Crippen LogP contribution in [0.2, 0.25) is 0 Å². The van der Waals surface area contributed by atoms with Crippen LogP contribution < -0.4 is 5.32 Å². The molecular weight excluding hydrogens is 258 g/mol. The molecule has 0 spiro atoms. The lowest BCUT2D eigenvalue weighted by atomic mass is 10.2. The van der Waals surface area contributed by atoms with Gasteiger partial charge in [0.15, 0.2) is 0 Å². The molecule has 0 saturated carbocycles. The van der Waals surface area contributed by atoms with Gasteiger partial charge in [-0.3, -0.25) is 0 Å². The summed E-state index contributed by atoms with van der Waals surface area (Å²) in [5.41, 5.74) is 1.18. The largest absolute Gasteiger partial charge is 0.349 e. The summed E-state index contributed by atoms with van der Waals surface area (Å²) in [6.45, 7) is 0.710. The van der Waals surface area contributed by atoms with Crippen molar-refractivity contribution >= 4 is 21.9 Å². The highest BCUT2D eigenvalue weighted by Crippen LogP contribution is 2.11. The van der Waals surface area contributed by atoms with E-state index in [4.69, 9.17) is 0 Å². The summed E-state index contributed by atoms with van der Waals surface area (Å²) in [7, 11) is 1.80. The second-order valence-electron chi connectivity index (χ2n) is 3.11. The van der Waals surface area contributed by atoms with Crippen molar-refractivity contribution in [1.29, 1.82) is 0 Å². The molecule has 0 bridgehead atoms. The second kappa shape index (κ2) is 4.39. The van der Waals surface area contributed by atoms with Gasteiger partial charge in [-0.05, 0) is 28.1 Å². The molecule has 2 rings (SSSR count). The summed E-state index contributed by atoms with van der Waals surface area (Å²) in [6.07, 6.45) is 0. The number of benzene rings is 1. The maximum absolute atomic E-state index is 3.83. The smallest absolute Gasteiger partial charge is 0.242 e. The lowest BCUT2D eigenvalue weighted by Crippen LogP contribution is -2.05. The van der Waals surface area contributed by atoms with Crippen LogP contribution in [0, 0.1) is 0 Å². The van der Waals surface area contributed by atoms with Crippen LogP contribution >= 0.6 is 15.9 Å². The molecule has 78 valence electrons. The molecule has 0 radical (unpaired) electrons. The van der Waals surface area contributed by atoms with Gasteiger partial charge in [-0.2, -0.15) is 0 Å². The fourth-order valence-electron chi connectivity index (χ4n) is 1.16. The topological polar surface area (TPSA) is 55.6 Å². The standard InChI is InChI=1S/C9H10BrN5/c1-15-9(12-13-14-15)11-6-7-2-4-8(10)5-3-7/h2-5H,6H2,1H3,(H,11,12,14). The molecule has 1 N–H and O–H groups in total. The quantitative estimate of drug-likeness (QED) is 0.918. The van der Waals surface area contributed by atoms with Gasteiger partial charge in [0.25, 0.3) is 0 Å². The molecule has 1 aromatic carbocycles. The van der Waals surface area contributed by atoms with Crippen LogP contribution in [-0.4, -0.2) is 20.2 Å². The summed E-state index contributed by atoms with van der Waals surface area (Å²) in [6, 6.07) is 8.10. The molecule has 15 heavy (non-hydrogen) atoms. The zero-order valence-corrected chi connectivity index (χ0v) is 9.77. The van der Waals surface area contributed by atoms with Crippen LogP contribution in [0.1, 0.15) is 5.56 Å². The monoisotopic (exact) mass is 267 g/mol. The number of hydrogen-bond acceptors (Lipinski definition) is 4. The van der Waals surface area contributed by atoms with Crippen LogP contribution in [0.15, 0.2) is 28.7 Å². The fourth-order valence-corrected chi connectivity index (χ4v) is 1.43. The van der Waals surface area contributed by atoms with Crippen LogP contribution in [-0.2, 0) is 13.6 Å². The van der Waals surface area contributed by atoms with Gasteiger partial charge in [0.1, 0.15) is 0 Å². The zero-order valence-electron chi connectivity index (χ0n) is 8.18.